The van der Waals surface area contributed by atoms with Gasteiger partial charge in [0.25, 0.3) is 0 Å². The van der Waals surface area contributed by atoms with E-state index in [-0.39, 0.29) is 11.6 Å². The van der Waals surface area contributed by atoms with Gasteiger partial charge in [-0.05, 0) is 36.1 Å². The van der Waals surface area contributed by atoms with Crippen LogP contribution in [0.2, 0.25) is 5.02 Å². The lowest BCUT2D eigenvalue weighted by Crippen LogP contribution is -2.31. The van der Waals surface area contributed by atoms with Crippen LogP contribution in [0.4, 0.5) is 9.80 Å². The Morgan fingerprint density at radius 3 is 2.52 bits per heavy atom. The van der Waals surface area contributed by atoms with E-state index in [2.05, 4.69) is 10.6 Å². The Hall–Kier alpha value is -2.05. The number of hydrogen-bond acceptors (Lipinski definition) is 3. The van der Waals surface area contributed by atoms with Gasteiger partial charge in [0.2, 0.25) is 0 Å². The third kappa shape index (κ3) is 3.96. The monoisotopic (exact) mass is 324 g/mol. The van der Waals surface area contributed by atoms with Crippen molar-refractivity contribution in [2.45, 2.75) is 13.0 Å². The summed E-state index contributed by atoms with van der Waals surface area (Å²) in [6, 6.07) is 7.90. The Morgan fingerprint density at radius 1 is 1.24 bits per heavy atom. The van der Waals surface area contributed by atoms with Crippen molar-refractivity contribution in [3.63, 3.8) is 0 Å². The number of anilines is 1. The molecule has 3 N–H and O–H groups in total. The third-order valence-electron chi connectivity index (χ3n) is 2.84. The molecule has 0 unspecified atom stereocenters. The van der Waals surface area contributed by atoms with Gasteiger partial charge in [0, 0.05) is 5.02 Å². The zero-order valence-electron chi connectivity index (χ0n) is 11.1. The fourth-order valence-corrected chi connectivity index (χ4v) is 2.65. The van der Waals surface area contributed by atoms with Gasteiger partial charge >= 0.3 is 12.0 Å². The van der Waals surface area contributed by atoms with Gasteiger partial charge in [-0.2, -0.15) is 0 Å². The first-order chi connectivity index (χ1) is 9.97. The number of rotatable bonds is 4. The molecule has 0 aliphatic heterocycles. The van der Waals surface area contributed by atoms with Crippen LogP contribution in [-0.2, 0) is 0 Å². The number of carbonyl (C=O) groups is 2. The van der Waals surface area contributed by atoms with Crippen LogP contribution in [0.3, 0.4) is 0 Å². The minimum Gasteiger partial charge on any atom is -0.478 e. The second-order valence-corrected chi connectivity index (χ2v) is 5.69. The quantitative estimate of drug-likeness (QED) is 0.796. The number of hydrogen-bond donors (Lipinski definition) is 3. The van der Waals surface area contributed by atoms with Crippen LogP contribution in [0.5, 0.6) is 0 Å². The van der Waals surface area contributed by atoms with Gasteiger partial charge in [0.1, 0.15) is 5.00 Å². The Morgan fingerprint density at radius 2 is 1.90 bits per heavy atom. The van der Waals surface area contributed by atoms with E-state index in [4.69, 9.17) is 16.7 Å². The van der Waals surface area contributed by atoms with Crippen LogP contribution in [0.25, 0.3) is 0 Å². The molecule has 7 heteroatoms. The van der Waals surface area contributed by atoms with Gasteiger partial charge in [0.05, 0.1) is 11.6 Å². The first kappa shape index (κ1) is 15.3. The molecule has 0 bridgehead atoms. The third-order valence-corrected chi connectivity index (χ3v) is 3.92. The fraction of sp³-hybridized carbons (Fsp3) is 0.143. The molecule has 0 aliphatic carbocycles. The van der Waals surface area contributed by atoms with Gasteiger partial charge < -0.3 is 10.4 Å². The highest BCUT2D eigenvalue weighted by Crippen LogP contribution is 2.23. The van der Waals surface area contributed by atoms with Gasteiger partial charge in [0.15, 0.2) is 0 Å². The van der Waals surface area contributed by atoms with E-state index in [1.54, 1.807) is 17.5 Å². The lowest BCUT2D eigenvalue weighted by Gasteiger charge is -2.15. The van der Waals surface area contributed by atoms with Crippen molar-refractivity contribution in [3.05, 3.63) is 51.9 Å². The molecule has 0 saturated carbocycles. The second-order valence-electron chi connectivity index (χ2n) is 4.34. The molecule has 1 heterocycles. The molecule has 1 aromatic heterocycles. The van der Waals surface area contributed by atoms with Crippen molar-refractivity contribution in [3.8, 4) is 0 Å². The first-order valence-corrected chi connectivity index (χ1v) is 7.37. The number of carboxylic acid groups (broad SMARTS) is 1. The van der Waals surface area contributed by atoms with Crippen LogP contribution in [0.15, 0.2) is 35.7 Å². The summed E-state index contributed by atoms with van der Waals surface area (Å²) in [7, 11) is 0. The molecule has 0 fully saturated rings. The number of nitrogens with one attached hydrogen (secondary N) is 2. The predicted molar refractivity (Wildman–Crippen MR) is 83.3 cm³/mol. The Labute approximate surface area is 130 Å². The van der Waals surface area contributed by atoms with E-state index in [0.29, 0.717) is 10.0 Å². The first-order valence-electron chi connectivity index (χ1n) is 6.11. The molecular formula is C14H13ClN2O3S. The molecule has 5 nitrogen and oxygen atoms in total. The zero-order valence-corrected chi connectivity index (χ0v) is 12.7. The number of thiophene rings is 1. The average molecular weight is 325 g/mol. The number of aromatic carboxylic acids is 1. The maximum atomic E-state index is 11.9. The van der Waals surface area contributed by atoms with Crippen molar-refractivity contribution in [1.82, 2.24) is 5.32 Å². The number of benzene rings is 1. The summed E-state index contributed by atoms with van der Waals surface area (Å²) in [5.74, 6) is -1.07. The van der Waals surface area contributed by atoms with Crippen LogP contribution >= 0.6 is 22.9 Å². The second kappa shape index (κ2) is 6.60. The van der Waals surface area contributed by atoms with Crippen molar-refractivity contribution in [1.29, 1.82) is 0 Å². The maximum Gasteiger partial charge on any atom is 0.338 e. The molecule has 0 saturated heterocycles. The molecule has 0 spiro atoms. The van der Waals surface area contributed by atoms with Crippen LogP contribution in [0.1, 0.15) is 28.9 Å². The number of carboxylic acids is 1. The highest BCUT2D eigenvalue weighted by atomic mass is 35.5. The van der Waals surface area contributed by atoms with Crippen molar-refractivity contribution in [2.75, 3.05) is 5.32 Å². The Bertz CT molecular complexity index is 654. The molecule has 2 aromatic rings. The van der Waals surface area contributed by atoms with E-state index in [9.17, 15) is 9.59 Å². The zero-order chi connectivity index (χ0) is 15.4. The molecule has 110 valence electrons. The predicted octanol–water partition coefficient (Wildman–Crippen LogP) is 3.98. The molecule has 0 radical (unpaired) electrons. The molecule has 21 heavy (non-hydrogen) atoms. The maximum absolute atomic E-state index is 11.9. The van der Waals surface area contributed by atoms with Gasteiger partial charge in [-0.3, -0.25) is 5.32 Å². The largest absolute Gasteiger partial charge is 0.478 e. The molecule has 2 rings (SSSR count). The van der Waals surface area contributed by atoms with Crippen LogP contribution < -0.4 is 10.6 Å². The highest BCUT2D eigenvalue weighted by Gasteiger charge is 2.15. The van der Waals surface area contributed by atoms with E-state index >= 15 is 0 Å². The van der Waals surface area contributed by atoms with Gasteiger partial charge in [-0.1, -0.05) is 23.7 Å². The lowest BCUT2D eigenvalue weighted by atomic mass is 10.1. The van der Waals surface area contributed by atoms with Crippen LogP contribution in [0, 0.1) is 0 Å². The summed E-state index contributed by atoms with van der Waals surface area (Å²) in [5.41, 5.74) is 0.980. The normalized spacial score (nSPS) is 11.7. The van der Waals surface area contributed by atoms with E-state index < -0.39 is 12.0 Å². The molecule has 2 amide bonds. The molecule has 0 aliphatic rings. The van der Waals surface area contributed by atoms with Gasteiger partial charge in [-0.25, -0.2) is 9.59 Å². The summed E-state index contributed by atoms with van der Waals surface area (Å²) in [6.07, 6.45) is 0. The van der Waals surface area contributed by atoms with Gasteiger partial charge in [-0.15, -0.1) is 11.3 Å². The smallest absolute Gasteiger partial charge is 0.338 e. The average Bonchev–Trinajstić information content (AvgIpc) is 2.87. The van der Waals surface area contributed by atoms with Crippen molar-refractivity contribution < 1.29 is 14.7 Å². The SMILES string of the molecule is C[C@@H](NC(=O)Nc1sccc1C(=O)O)c1ccc(Cl)cc1. The number of amides is 2. The standard InChI is InChI=1S/C14H13ClN2O3S/c1-8(9-2-4-10(15)5-3-9)16-14(20)17-12-11(13(18)19)6-7-21-12/h2-8H,1H3,(H,18,19)(H2,16,17,20)/t8-/m1/s1. The summed E-state index contributed by atoms with van der Waals surface area (Å²) in [5, 5.41) is 16.8. The molecule has 1 atom stereocenters. The minimum absolute atomic E-state index is 0.0781. The van der Waals surface area contributed by atoms with Crippen LogP contribution in [-0.4, -0.2) is 17.1 Å². The lowest BCUT2D eigenvalue weighted by molar-refractivity contribution is 0.0698. The Balaban J connectivity index is 1.99. The van der Waals surface area contributed by atoms with E-state index in [1.807, 2.05) is 19.1 Å². The van der Waals surface area contributed by atoms with E-state index in [1.165, 1.54) is 6.07 Å². The van der Waals surface area contributed by atoms with Crippen molar-refractivity contribution >= 4 is 39.9 Å². The molecule has 1 aromatic carbocycles. The number of carbonyl (C=O) groups excluding carboxylic acids is 1. The number of halogens is 1. The molecular weight excluding hydrogens is 312 g/mol. The summed E-state index contributed by atoms with van der Waals surface area (Å²) in [4.78, 5) is 22.9. The summed E-state index contributed by atoms with van der Waals surface area (Å²) >= 11 is 6.97. The fourth-order valence-electron chi connectivity index (χ4n) is 1.75. The van der Waals surface area contributed by atoms with E-state index in [0.717, 1.165) is 16.9 Å². The Kier molecular flexibility index (Phi) is 4.82. The van der Waals surface area contributed by atoms with Crippen molar-refractivity contribution in [2.24, 2.45) is 0 Å². The topological polar surface area (TPSA) is 78.4 Å². The summed E-state index contributed by atoms with van der Waals surface area (Å²) in [6.45, 7) is 1.83. The summed E-state index contributed by atoms with van der Waals surface area (Å²) < 4.78 is 0. The number of urea groups is 1. The highest BCUT2D eigenvalue weighted by molar-refractivity contribution is 7.14. The minimum atomic E-state index is -1.07.